The number of hydrogen-bond acceptors (Lipinski definition) is 5. The number of morpholine rings is 1. The van der Waals surface area contributed by atoms with Crippen molar-refractivity contribution in [3.63, 3.8) is 0 Å². The van der Waals surface area contributed by atoms with Crippen molar-refractivity contribution in [2.24, 2.45) is 7.05 Å². The highest BCUT2D eigenvalue weighted by Gasteiger charge is 2.14. The quantitative estimate of drug-likeness (QED) is 0.808. The Morgan fingerprint density at radius 1 is 1.27 bits per heavy atom. The van der Waals surface area contributed by atoms with Gasteiger partial charge in [0, 0.05) is 32.2 Å². The van der Waals surface area contributed by atoms with Crippen molar-refractivity contribution in [3.05, 3.63) is 24.0 Å². The van der Waals surface area contributed by atoms with E-state index in [-0.39, 0.29) is 0 Å². The van der Waals surface area contributed by atoms with Gasteiger partial charge in [-0.15, -0.1) is 0 Å². The Kier molecular flexibility index (Phi) is 4.61. The summed E-state index contributed by atoms with van der Waals surface area (Å²) in [5, 5.41) is 17.9. The summed E-state index contributed by atoms with van der Waals surface area (Å²) in [5.41, 5.74) is 3.29. The Morgan fingerprint density at radius 3 is 2.77 bits per heavy atom. The first-order valence-corrected chi connectivity index (χ1v) is 7.79. The monoisotopic (exact) mass is 305 g/mol. The molecule has 1 fully saturated rings. The van der Waals surface area contributed by atoms with Crippen LogP contribution in [0, 0.1) is 0 Å². The molecule has 0 aliphatic carbocycles. The molecule has 2 heterocycles. The van der Waals surface area contributed by atoms with Crippen molar-refractivity contribution in [2.75, 3.05) is 31.2 Å². The van der Waals surface area contributed by atoms with Crippen LogP contribution in [0.4, 0.5) is 5.69 Å². The summed E-state index contributed by atoms with van der Waals surface area (Å²) < 4.78 is 7.48. The number of aliphatic hydroxyl groups is 2. The van der Waals surface area contributed by atoms with Crippen LogP contribution in [-0.2, 0) is 18.2 Å². The van der Waals surface area contributed by atoms with Crippen molar-refractivity contribution >= 4 is 16.7 Å². The van der Waals surface area contributed by atoms with Gasteiger partial charge in [0.2, 0.25) is 0 Å². The van der Waals surface area contributed by atoms with Crippen molar-refractivity contribution in [1.29, 1.82) is 0 Å². The standard InChI is InChI=1S/C16H23N3O3/c1-18-14-6-5-12(19-7-9-22-10-8-19)11-13(14)17-15(18)3-2-4-16(20)21/h5-6,11,16,20-21H,2-4,7-10H2,1H3. The lowest BCUT2D eigenvalue weighted by atomic mass is 10.2. The number of aryl methyl sites for hydroxylation is 2. The molecule has 1 saturated heterocycles. The second kappa shape index (κ2) is 6.64. The molecule has 6 nitrogen and oxygen atoms in total. The molecule has 120 valence electrons. The Morgan fingerprint density at radius 2 is 2.05 bits per heavy atom. The van der Waals surface area contributed by atoms with E-state index in [1.165, 1.54) is 5.69 Å². The summed E-state index contributed by atoms with van der Waals surface area (Å²) >= 11 is 0. The van der Waals surface area contributed by atoms with E-state index < -0.39 is 6.29 Å². The molecule has 6 heteroatoms. The number of aliphatic hydroxyl groups excluding tert-OH is 1. The maximum absolute atomic E-state index is 8.93. The van der Waals surface area contributed by atoms with E-state index in [9.17, 15) is 0 Å². The molecule has 1 aliphatic heterocycles. The van der Waals surface area contributed by atoms with Gasteiger partial charge in [0.25, 0.3) is 0 Å². The number of ether oxygens (including phenoxy) is 1. The number of anilines is 1. The molecule has 1 aromatic carbocycles. The zero-order valence-corrected chi connectivity index (χ0v) is 12.9. The molecular weight excluding hydrogens is 282 g/mol. The predicted molar refractivity (Wildman–Crippen MR) is 84.9 cm³/mol. The van der Waals surface area contributed by atoms with Gasteiger partial charge in [0.1, 0.15) is 5.82 Å². The highest BCUT2D eigenvalue weighted by molar-refractivity contribution is 5.80. The molecule has 0 spiro atoms. The van der Waals surface area contributed by atoms with Gasteiger partial charge >= 0.3 is 0 Å². The normalized spacial score (nSPS) is 15.9. The van der Waals surface area contributed by atoms with Gasteiger partial charge in [0.05, 0.1) is 24.2 Å². The lowest BCUT2D eigenvalue weighted by Gasteiger charge is -2.28. The molecule has 22 heavy (non-hydrogen) atoms. The lowest BCUT2D eigenvalue weighted by molar-refractivity contribution is -0.0462. The fourth-order valence-corrected chi connectivity index (χ4v) is 2.92. The summed E-state index contributed by atoms with van der Waals surface area (Å²) in [5.74, 6) is 0.981. The van der Waals surface area contributed by atoms with E-state index in [2.05, 4.69) is 27.7 Å². The Bertz CT molecular complexity index is 633. The van der Waals surface area contributed by atoms with Crippen molar-refractivity contribution in [3.8, 4) is 0 Å². The fraction of sp³-hybridized carbons (Fsp3) is 0.562. The minimum Gasteiger partial charge on any atom is -0.378 e. The highest BCUT2D eigenvalue weighted by atomic mass is 16.5. The van der Waals surface area contributed by atoms with Crippen molar-refractivity contribution < 1.29 is 14.9 Å². The molecular formula is C16H23N3O3. The van der Waals surface area contributed by atoms with Crippen LogP contribution < -0.4 is 4.90 Å². The molecule has 2 N–H and O–H groups in total. The van der Waals surface area contributed by atoms with E-state index in [1.54, 1.807) is 0 Å². The average Bonchev–Trinajstić information content (AvgIpc) is 2.84. The number of benzene rings is 1. The zero-order valence-electron chi connectivity index (χ0n) is 12.9. The SMILES string of the molecule is Cn1c(CCCC(O)O)nc2cc(N3CCOCC3)ccc21. The predicted octanol–water partition coefficient (Wildman–Crippen LogP) is 1.04. The van der Waals surface area contributed by atoms with Crippen LogP contribution in [0.5, 0.6) is 0 Å². The van der Waals surface area contributed by atoms with Crippen LogP contribution in [0.15, 0.2) is 18.2 Å². The van der Waals surface area contributed by atoms with Gasteiger partial charge in [0.15, 0.2) is 6.29 Å². The fourth-order valence-electron chi connectivity index (χ4n) is 2.92. The first kappa shape index (κ1) is 15.3. The smallest absolute Gasteiger partial charge is 0.151 e. The largest absolute Gasteiger partial charge is 0.378 e. The minimum atomic E-state index is -1.23. The maximum atomic E-state index is 8.93. The maximum Gasteiger partial charge on any atom is 0.151 e. The van der Waals surface area contributed by atoms with Crippen LogP contribution >= 0.6 is 0 Å². The molecule has 1 aromatic heterocycles. The van der Waals surface area contributed by atoms with Crippen LogP contribution in [0.25, 0.3) is 11.0 Å². The van der Waals surface area contributed by atoms with Gasteiger partial charge in [-0.1, -0.05) is 0 Å². The van der Waals surface area contributed by atoms with E-state index in [0.29, 0.717) is 12.8 Å². The van der Waals surface area contributed by atoms with Gasteiger partial charge in [-0.05, 0) is 31.0 Å². The van der Waals surface area contributed by atoms with Crippen LogP contribution in [0.2, 0.25) is 0 Å². The number of aromatic nitrogens is 2. The topological polar surface area (TPSA) is 70.8 Å². The zero-order chi connectivity index (χ0) is 15.5. The van der Waals surface area contributed by atoms with Gasteiger partial charge in [-0.2, -0.15) is 0 Å². The molecule has 3 rings (SSSR count). The van der Waals surface area contributed by atoms with Crippen LogP contribution in [-0.4, -0.2) is 52.4 Å². The Hall–Kier alpha value is -1.63. The average molecular weight is 305 g/mol. The Balaban J connectivity index is 1.79. The number of fused-ring (bicyclic) bond motifs is 1. The van der Waals surface area contributed by atoms with Crippen LogP contribution in [0.1, 0.15) is 18.7 Å². The number of imidazole rings is 1. The third kappa shape index (κ3) is 3.24. The van der Waals surface area contributed by atoms with Gasteiger partial charge in [-0.3, -0.25) is 0 Å². The van der Waals surface area contributed by atoms with Crippen molar-refractivity contribution in [1.82, 2.24) is 9.55 Å². The van der Waals surface area contributed by atoms with E-state index in [1.807, 2.05) is 7.05 Å². The molecule has 0 unspecified atom stereocenters. The third-order valence-electron chi connectivity index (χ3n) is 4.20. The third-order valence-corrected chi connectivity index (χ3v) is 4.20. The second-order valence-corrected chi connectivity index (χ2v) is 5.73. The molecule has 2 aromatic rings. The first-order chi connectivity index (χ1) is 10.6. The van der Waals surface area contributed by atoms with Gasteiger partial charge < -0.3 is 24.4 Å². The summed E-state index contributed by atoms with van der Waals surface area (Å²) in [7, 11) is 2.01. The molecule has 0 saturated carbocycles. The minimum absolute atomic E-state index is 0.377. The summed E-state index contributed by atoms with van der Waals surface area (Å²) in [6.07, 6.45) is 0.603. The number of hydrogen-bond donors (Lipinski definition) is 2. The van der Waals surface area contributed by atoms with E-state index >= 15 is 0 Å². The molecule has 0 bridgehead atoms. The number of nitrogens with zero attached hydrogens (tertiary/aromatic N) is 3. The summed E-state index contributed by atoms with van der Waals surface area (Å²) in [4.78, 5) is 7.03. The van der Waals surface area contributed by atoms with E-state index in [0.717, 1.165) is 49.6 Å². The summed E-state index contributed by atoms with van der Waals surface area (Å²) in [6.45, 7) is 3.38. The molecule has 1 aliphatic rings. The molecule has 0 radical (unpaired) electrons. The first-order valence-electron chi connectivity index (χ1n) is 7.79. The number of rotatable bonds is 5. The van der Waals surface area contributed by atoms with Gasteiger partial charge in [-0.25, -0.2) is 4.98 Å². The summed E-state index contributed by atoms with van der Waals surface area (Å²) in [6, 6.07) is 6.37. The molecule has 0 amide bonds. The lowest BCUT2D eigenvalue weighted by Crippen LogP contribution is -2.36. The van der Waals surface area contributed by atoms with E-state index in [4.69, 9.17) is 19.9 Å². The molecule has 0 atom stereocenters. The second-order valence-electron chi connectivity index (χ2n) is 5.73. The highest BCUT2D eigenvalue weighted by Crippen LogP contribution is 2.23. The Labute approximate surface area is 129 Å². The van der Waals surface area contributed by atoms with Crippen LogP contribution in [0.3, 0.4) is 0 Å². The van der Waals surface area contributed by atoms with Crippen molar-refractivity contribution in [2.45, 2.75) is 25.6 Å².